The van der Waals surface area contributed by atoms with Gasteiger partial charge >= 0.3 is 0 Å². The van der Waals surface area contributed by atoms with Crippen LogP contribution in [-0.2, 0) is 6.42 Å². The van der Waals surface area contributed by atoms with E-state index in [1.54, 1.807) is 0 Å². The number of nitrogens with one attached hydrogen (secondary N) is 1. The highest BCUT2D eigenvalue weighted by atomic mass is 32.2. The summed E-state index contributed by atoms with van der Waals surface area (Å²) in [5.41, 5.74) is 3.28. The van der Waals surface area contributed by atoms with Crippen LogP contribution in [0.1, 0.15) is 29.8 Å². The number of carbonyl (C=O) groups is 1. The van der Waals surface area contributed by atoms with Crippen molar-refractivity contribution < 1.29 is 4.79 Å². The van der Waals surface area contributed by atoms with Gasteiger partial charge in [0.05, 0.1) is 0 Å². The molecule has 1 fully saturated rings. The predicted octanol–water partition coefficient (Wildman–Crippen LogP) is 2.62. The van der Waals surface area contributed by atoms with Crippen molar-refractivity contribution in [3.05, 3.63) is 29.3 Å². The van der Waals surface area contributed by atoms with E-state index in [0.717, 1.165) is 43.1 Å². The number of hydrogen-bond donors (Lipinski definition) is 1. The van der Waals surface area contributed by atoms with Crippen LogP contribution in [0.2, 0.25) is 0 Å². The Bertz CT molecular complexity index is 513. The highest BCUT2D eigenvalue weighted by molar-refractivity contribution is 8.00. The second-order valence-corrected chi connectivity index (χ2v) is 7.69. The number of rotatable bonds is 1. The Hall–Kier alpha value is -1.16. The van der Waals surface area contributed by atoms with Crippen molar-refractivity contribution in [3.63, 3.8) is 0 Å². The van der Waals surface area contributed by atoms with Gasteiger partial charge in [-0.15, -0.1) is 0 Å². The molecule has 19 heavy (non-hydrogen) atoms. The number of nitrogens with zero attached hydrogens (tertiary/aromatic N) is 1. The summed E-state index contributed by atoms with van der Waals surface area (Å²) in [6.45, 7) is 7.10. The van der Waals surface area contributed by atoms with Gasteiger partial charge in [0.1, 0.15) is 0 Å². The fraction of sp³-hybridized carbons (Fsp3) is 0.533. The van der Waals surface area contributed by atoms with Gasteiger partial charge in [-0.2, -0.15) is 11.8 Å². The smallest absolute Gasteiger partial charge is 0.254 e. The Labute approximate surface area is 118 Å². The monoisotopic (exact) mass is 276 g/mol. The zero-order chi connectivity index (χ0) is 13.5. The first-order chi connectivity index (χ1) is 9.05. The Morgan fingerprint density at radius 3 is 3.05 bits per heavy atom. The summed E-state index contributed by atoms with van der Waals surface area (Å²) < 4.78 is 0.170. The van der Waals surface area contributed by atoms with E-state index >= 15 is 0 Å². The predicted molar refractivity (Wildman–Crippen MR) is 81.1 cm³/mol. The fourth-order valence-electron chi connectivity index (χ4n) is 2.80. The molecule has 0 unspecified atom stereocenters. The van der Waals surface area contributed by atoms with Crippen LogP contribution < -0.4 is 5.32 Å². The van der Waals surface area contributed by atoms with Gasteiger partial charge in [0, 0.05) is 41.4 Å². The van der Waals surface area contributed by atoms with E-state index in [2.05, 4.69) is 25.2 Å². The molecule has 2 aliphatic heterocycles. The van der Waals surface area contributed by atoms with Crippen molar-refractivity contribution in [2.24, 2.45) is 0 Å². The second-order valence-electron chi connectivity index (χ2n) is 5.88. The third-order valence-corrected chi connectivity index (χ3v) is 5.08. The van der Waals surface area contributed by atoms with Gasteiger partial charge in [0.25, 0.3) is 5.91 Å². The molecule has 0 aromatic heterocycles. The maximum atomic E-state index is 12.6. The van der Waals surface area contributed by atoms with Crippen LogP contribution in [0.25, 0.3) is 0 Å². The number of anilines is 1. The van der Waals surface area contributed by atoms with E-state index in [1.165, 1.54) is 5.56 Å². The van der Waals surface area contributed by atoms with Crippen molar-refractivity contribution >= 4 is 23.4 Å². The number of benzene rings is 1. The minimum Gasteiger partial charge on any atom is -0.384 e. The highest BCUT2D eigenvalue weighted by Crippen LogP contribution is 2.31. The lowest BCUT2D eigenvalue weighted by molar-refractivity contribution is 0.0748. The molecule has 2 heterocycles. The van der Waals surface area contributed by atoms with Gasteiger partial charge in [-0.1, -0.05) is 6.07 Å². The van der Waals surface area contributed by atoms with Crippen molar-refractivity contribution in [1.29, 1.82) is 0 Å². The van der Waals surface area contributed by atoms with Crippen LogP contribution in [0.3, 0.4) is 0 Å². The number of fused-ring (bicyclic) bond motifs is 1. The van der Waals surface area contributed by atoms with Crippen LogP contribution in [0.5, 0.6) is 0 Å². The summed E-state index contributed by atoms with van der Waals surface area (Å²) in [4.78, 5) is 14.6. The molecular formula is C15H20N2OS. The zero-order valence-corrected chi connectivity index (χ0v) is 12.3. The van der Waals surface area contributed by atoms with Crippen molar-refractivity contribution in [2.45, 2.75) is 25.0 Å². The van der Waals surface area contributed by atoms with Crippen LogP contribution in [0.15, 0.2) is 18.2 Å². The SMILES string of the molecule is CC1(C)CN(C(=O)c2ccc3c(c2)NCC3)CCS1. The zero-order valence-electron chi connectivity index (χ0n) is 11.5. The number of amides is 1. The van der Waals surface area contributed by atoms with E-state index in [4.69, 9.17) is 0 Å². The van der Waals surface area contributed by atoms with Crippen LogP contribution >= 0.6 is 11.8 Å². The third kappa shape index (κ3) is 2.59. The molecule has 1 N–H and O–H groups in total. The summed E-state index contributed by atoms with van der Waals surface area (Å²) in [6, 6.07) is 6.08. The van der Waals surface area contributed by atoms with Crippen LogP contribution in [0.4, 0.5) is 5.69 Å². The lowest BCUT2D eigenvalue weighted by Gasteiger charge is -2.37. The van der Waals surface area contributed by atoms with Crippen molar-refractivity contribution in [3.8, 4) is 0 Å². The summed E-state index contributed by atoms with van der Waals surface area (Å²) >= 11 is 1.95. The first-order valence-electron chi connectivity index (χ1n) is 6.85. The second kappa shape index (κ2) is 4.75. The molecule has 0 atom stereocenters. The van der Waals surface area contributed by atoms with Crippen molar-refractivity contribution in [1.82, 2.24) is 4.90 Å². The maximum absolute atomic E-state index is 12.6. The van der Waals surface area contributed by atoms with E-state index in [1.807, 2.05) is 28.8 Å². The molecule has 1 aromatic carbocycles. The molecule has 0 spiro atoms. The van der Waals surface area contributed by atoms with Crippen LogP contribution in [-0.4, -0.2) is 40.9 Å². The van der Waals surface area contributed by atoms with Gasteiger partial charge in [0.2, 0.25) is 0 Å². The Kier molecular flexibility index (Phi) is 3.21. The quantitative estimate of drug-likeness (QED) is 0.856. The maximum Gasteiger partial charge on any atom is 0.254 e. The lowest BCUT2D eigenvalue weighted by Crippen LogP contribution is -2.46. The summed E-state index contributed by atoms with van der Waals surface area (Å²) in [5, 5.41) is 3.34. The molecule has 0 bridgehead atoms. The summed E-state index contributed by atoms with van der Waals surface area (Å²) in [7, 11) is 0. The molecule has 0 saturated carbocycles. The Morgan fingerprint density at radius 1 is 1.42 bits per heavy atom. The van der Waals surface area contributed by atoms with Crippen molar-refractivity contribution in [2.75, 3.05) is 30.7 Å². The topological polar surface area (TPSA) is 32.3 Å². The first kappa shape index (κ1) is 12.9. The van der Waals surface area contributed by atoms with E-state index < -0.39 is 0 Å². The summed E-state index contributed by atoms with van der Waals surface area (Å²) in [5.74, 6) is 1.20. The molecule has 1 amide bonds. The Balaban J connectivity index is 1.80. The number of carbonyl (C=O) groups excluding carboxylic acids is 1. The minimum absolute atomic E-state index is 0.170. The largest absolute Gasteiger partial charge is 0.384 e. The molecule has 0 radical (unpaired) electrons. The Morgan fingerprint density at radius 2 is 2.26 bits per heavy atom. The lowest BCUT2D eigenvalue weighted by atomic mass is 10.1. The highest BCUT2D eigenvalue weighted by Gasteiger charge is 2.30. The van der Waals surface area contributed by atoms with Gasteiger partial charge in [-0.25, -0.2) is 0 Å². The molecule has 1 aromatic rings. The average Bonchev–Trinajstić information content (AvgIpc) is 2.83. The molecule has 4 heteroatoms. The fourth-order valence-corrected chi connectivity index (χ4v) is 3.91. The molecular weight excluding hydrogens is 256 g/mol. The van der Waals surface area contributed by atoms with E-state index in [9.17, 15) is 4.79 Å². The molecule has 102 valence electrons. The minimum atomic E-state index is 0.170. The van der Waals surface area contributed by atoms with Crippen LogP contribution in [0, 0.1) is 0 Å². The molecule has 2 aliphatic rings. The standard InChI is InChI=1S/C15H20N2OS/c1-15(2)10-17(7-8-19-15)14(18)12-4-3-11-5-6-16-13(11)9-12/h3-4,9,16H,5-8,10H2,1-2H3. The summed E-state index contributed by atoms with van der Waals surface area (Å²) in [6.07, 6.45) is 1.07. The third-order valence-electron chi connectivity index (χ3n) is 3.78. The molecule has 0 aliphatic carbocycles. The van der Waals surface area contributed by atoms with E-state index in [-0.39, 0.29) is 10.7 Å². The number of hydrogen-bond acceptors (Lipinski definition) is 3. The van der Waals surface area contributed by atoms with Gasteiger partial charge in [-0.3, -0.25) is 4.79 Å². The first-order valence-corrected chi connectivity index (χ1v) is 7.84. The van der Waals surface area contributed by atoms with Gasteiger partial charge in [-0.05, 0) is 38.0 Å². The molecule has 3 nitrogen and oxygen atoms in total. The molecule has 3 rings (SSSR count). The van der Waals surface area contributed by atoms with Gasteiger partial charge in [0.15, 0.2) is 0 Å². The average molecular weight is 276 g/mol. The molecule has 1 saturated heterocycles. The number of thioether (sulfide) groups is 1. The van der Waals surface area contributed by atoms with Gasteiger partial charge < -0.3 is 10.2 Å². The van der Waals surface area contributed by atoms with E-state index in [0.29, 0.717) is 0 Å². The normalized spacial score (nSPS) is 20.8.